The highest BCUT2D eigenvalue weighted by Crippen LogP contribution is 2.33. The summed E-state index contributed by atoms with van der Waals surface area (Å²) in [6.07, 6.45) is 3.10. The van der Waals surface area contributed by atoms with Gasteiger partial charge in [0.25, 0.3) is 0 Å². The van der Waals surface area contributed by atoms with Crippen LogP contribution >= 0.6 is 0 Å². The summed E-state index contributed by atoms with van der Waals surface area (Å²) in [6.45, 7) is 3.14. The van der Waals surface area contributed by atoms with Crippen molar-refractivity contribution >= 4 is 5.69 Å². The molecule has 2 unspecified atom stereocenters. The van der Waals surface area contributed by atoms with Gasteiger partial charge < -0.3 is 15.3 Å². The van der Waals surface area contributed by atoms with E-state index >= 15 is 0 Å². The molecule has 0 aliphatic carbocycles. The van der Waals surface area contributed by atoms with Gasteiger partial charge in [0.2, 0.25) is 0 Å². The van der Waals surface area contributed by atoms with E-state index in [4.69, 9.17) is 0 Å². The smallest absolute Gasteiger partial charge is 0.0830 e. The van der Waals surface area contributed by atoms with Crippen LogP contribution in [0.5, 0.6) is 0 Å². The van der Waals surface area contributed by atoms with Gasteiger partial charge >= 0.3 is 0 Å². The normalized spacial score (nSPS) is 25.0. The highest BCUT2D eigenvalue weighted by molar-refractivity contribution is 5.58. The van der Waals surface area contributed by atoms with Gasteiger partial charge in [-0.2, -0.15) is 0 Å². The Labute approximate surface area is 109 Å². The third-order valence-corrected chi connectivity index (χ3v) is 4.35. The molecule has 0 spiro atoms. The summed E-state index contributed by atoms with van der Waals surface area (Å²) < 4.78 is 0. The average molecular weight is 246 g/mol. The van der Waals surface area contributed by atoms with E-state index in [1.807, 2.05) is 0 Å². The lowest BCUT2D eigenvalue weighted by molar-refractivity contribution is 0.0921. The van der Waals surface area contributed by atoms with E-state index in [1.165, 1.54) is 17.7 Å². The summed E-state index contributed by atoms with van der Waals surface area (Å²) in [5, 5.41) is 13.9. The second-order valence-electron chi connectivity index (χ2n) is 5.61. The Morgan fingerprint density at radius 2 is 2.33 bits per heavy atom. The van der Waals surface area contributed by atoms with Gasteiger partial charge in [0, 0.05) is 31.7 Å². The molecule has 0 amide bonds. The van der Waals surface area contributed by atoms with Crippen molar-refractivity contribution in [1.29, 1.82) is 0 Å². The van der Waals surface area contributed by atoms with Crippen LogP contribution in [0.3, 0.4) is 0 Å². The number of rotatable bonds is 2. The number of aliphatic hydroxyl groups is 1. The van der Waals surface area contributed by atoms with Gasteiger partial charge in [-0.25, -0.2) is 0 Å². The predicted octanol–water partition coefficient (Wildman–Crippen LogP) is 1.71. The van der Waals surface area contributed by atoms with E-state index in [9.17, 15) is 5.11 Å². The van der Waals surface area contributed by atoms with Crippen molar-refractivity contribution in [3.05, 3.63) is 29.3 Å². The average Bonchev–Trinajstić information content (AvgIpc) is 2.80. The maximum absolute atomic E-state index is 10.5. The summed E-state index contributed by atoms with van der Waals surface area (Å²) in [6, 6.07) is 6.47. The Morgan fingerprint density at radius 3 is 3.11 bits per heavy atom. The Hall–Kier alpha value is -1.06. The maximum Gasteiger partial charge on any atom is 0.0830 e. The van der Waals surface area contributed by atoms with Crippen molar-refractivity contribution in [2.75, 3.05) is 31.6 Å². The van der Waals surface area contributed by atoms with Crippen LogP contribution in [-0.2, 0) is 6.42 Å². The van der Waals surface area contributed by atoms with E-state index in [2.05, 4.69) is 35.5 Å². The van der Waals surface area contributed by atoms with Crippen LogP contribution in [0, 0.1) is 5.92 Å². The van der Waals surface area contributed by atoms with Crippen molar-refractivity contribution in [1.82, 2.24) is 5.32 Å². The second-order valence-corrected chi connectivity index (χ2v) is 5.61. The molecule has 18 heavy (non-hydrogen) atoms. The van der Waals surface area contributed by atoms with Gasteiger partial charge in [0.1, 0.15) is 0 Å². The fraction of sp³-hybridized carbons (Fsp3) is 0.600. The number of piperidine rings is 1. The van der Waals surface area contributed by atoms with Crippen LogP contribution in [0.1, 0.15) is 30.1 Å². The minimum Gasteiger partial charge on any atom is -0.388 e. The molecule has 1 saturated heterocycles. The molecule has 2 heterocycles. The van der Waals surface area contributed by atoms with Crippen LogP contribution in [0.4, 0.5) is 5.69 Å². The van der Waals surface area contributed by atoms with E-state index in [1.54, 1.807) is 0 Å². The number of likely N-dealkylation sites (N-methyl/N-ethyl adjacent to an activating group) is 1. The van der Waals surface area contributed by atoms with Gasteiger partial charge in [-0.05, 0) is 43.0 Å². The van der Waals surface area contributed by atoms with Crippen LogP contribution in [0.15, 0.2) is 18.2 Å². The third-order valence-electron chi connectivity index (χ3n) is 4.35. The molecule has 0 saturated carbocycles. The molecule has 2 aliphatic rings. The minimum absolute atomic E-state index is 0.311. The maximum atomic E-state index is 10.5. The molecule has 1 aromatic rings. The first kappa shape index (κ1) is 12.0. The first-order valence-corrected chi connectivity index (χ1v) is 6.98. The van der Waals surface area contributed by atoms with Crippen LogP contribution in [0.25, 0.3) is 0 Å². The molecule has 3 nitrogen and oxygen atoms in total. The predicted molar refractivity (Wildman–Crippen MR) is 74.0 cm³/mol. The molecule has 1 aromatic carbocycles. The number of anilines is 1. The molecular formula is C15H22N2O. The molecule has 1 fully saturated rings. The zero-order valence-electron chi connectivity index (χ0n) is 11.0. The van der Waals surface area contributed by atoms with Gasteiger partial charge in [-0.3, -0.25) is 0 Å². The highest BCUT2D eigenvalue weighted by atomic mass is 16.3. The number of aliphatic hydroxyl groups excluding tert-OH is 1. The van der Waals surface area contributed by atoms with E-state index < -0.39 is 0 Å². The summed E-state index contributed by atoms with van der Waals surface area (Å²) in [4.78, 5) is 2.29. The first-order valence-electron chi connectivity index (χ1n) is 6.98. The molecule has 0 aromatic heterocycles. The van der Waals surface area contributed by atoms with E-state index in [-0.39, 0.29) is 6.10 Å². The van der Waals surface area contributed by atoms with Gasteiger partial charge in [-0.15, -0.1) is 0 Å². The van der Waals surface area contributed by atoms with Gasteiger partial charge in [0.05, 0.1) is 6.10 Å². The zero-order chi connectivity index (χ0) is 12.5. The Kier molecular flexibility index (Phi) is 3.27. The number of hydrogen-bond acceptors (Lipinski definition) is 3. The van der Waals surface area contributed by atoms with Crippen molar-refractivity contribution < 1.29 is 5.11 Å². The molecule has 2 N–H and O–H groups in total. The van der Waals surface area contributed by atoms with Crippen molar-refractivity contribution in [3.8, 4) is 0 Å². The van der Waals surface area contributed by atoms with E-state index in [0.717, 1.165) is 38.0 Å². The largest absolute Gasteiger partial charge is 0.388 e. The summed E-state index contributed by atoms with van der Waals surface area (Å²) in [5.41, 5.74) is 3.81. The quantitative estimate of drug-likeness (QED) is 0.834. The lowest BCUT2D eigenvalue weighted by Crippen LogP contribution is -2.33. The Morgan fingerprint density at radius 1 is 1.44 bits per heavy atom. The lowest BCUT2D eigenvalue weighted by atomic mass is 9.88. The zero-order valence-corrected chi connectivity index (χ0v) is 11.0. The standard InChI is InChI=1S/C15H22N2O/c1-17-8-6-11-9-12(4-5-14(11)17)15(18)13-3-2-7-16-10-13/h4-5,9,13,15-16,18H,2-3,6-8,10H2,1H3. The van der Waals surface area contributed by atoms with Crippen molar-refractivity contribution in [3.63, 3.8) is 0 Å². The highest BCUT2D eigenvalue weighted by Gasteiger charge is 2.24. The van der Waals surface area contributed by atoms with Crippen molar-refractivity contribution in [2.45, 2.75) is 25.4 Å². The molecular weight excluding hydrogens is 224 g/mol. The topological polar surface area (TPSA) is 35.5 Å². The molecule has 0 radical (unpaired) electrons. The first-order chi connectivity index (χ1) is 8.75. The Balaban J connectivity index is 1.79. The second kappa shape index (κ2) is 4.90. The number of benzene rings is 1. The molecule has 3 heteroatoms. The van der Waals surface area contributed by atoms with Crippen molar-refractivity contribution in [2.24, 2.45) is 5.92 Å². The monoisotopic (exact) mass is 246 g/mol. The fourth-order valence-corrected chi connectivity index (χ4v) is 3.19. The molecule has 3 rings (SSSR count). The minimum atomic E-state index is -0.311. The summed E-state index contributed by atoms with van der Waals surface area (Å²) >= 11 is 0. The number of fused-ring (bicyclic) bond motifs is 1. The van der Waals surface area contributed by atoms with E-state index in [0.29, 0.717) is 5.92 Å². The summed E-state index contributed by atoms with van der Waals surface area (Å²) in [5.74, 6) is 0.371. The molecule has 0 bridgehead atoms. The molecule has 2 aliphatic heterocycles. The SMILES string of the molecule is CN1CCc2cc(C(O)C3CCCNC3)ccc21. The lowest BCUT2D eigenvalue weighted by Gasteiger charge is -2.28. The Bertz CT molecular complexity index is 427. The van der Waals surface area contributed by atoms with Crippen LogP contribution in [-0.4, -0.2) is 31.8 Å². The summed E-state index contributed by atoms with van der Waals surface area (Å²) in [7, 11) is 2.13. The molecule has 2 atom stereocenters. The third kappa shape index (κ3) is 2.13. The number of nitrogens with zero attached hydrogens (tertiary/aromatic N) is 1. The van der Waals surface area contributed by atoms with Crippen LogP contribution < -0.4 is 10.2 Å². The van der Waals surface area contributed by atoms with Crippen LogP contribution in [0.2, 0.25) is 0 Å². The van der Waals surface area contributed by atoms with Gasteiger partial charge in [-0.1, -0.05) is 12.1 Å². The molecule has 98 valence electrons. The van der Waals surface area contributed by atoms with Gasteiger partial charge in [0.15, 0.2) is 0 Å². The number of hydrogen-bond donors (Lipinski definition) is 2. The number of nitrogens with one attached hydrogen (secondary N) is 1. The fourth-order valence-electron chi connectivity index (χ4n) is 3.19.